The van der Waals surface area contributed by atoms with Crippen molar-refractivity contribution in [1.82, 2.24) is 15.3 Å². The van der Waals surface area contributed by atoms with Gasteiger partial charge in [-0.3, -0.25) is 19.4 Å². The number of hydrogen-bond donors (Lipinski definition) is 8. The summed E-state index contributed by atoms with van der Waals surface area (Å²) in [5.41, 5.74) is 13.4. The number of aromatic nitrogens is 2. The third-order valence-corrected chi connectivity index (χ3v) is 6.58. The molecular formula is C28H36N8O6. The second-order valence-corrected chi connectivity index (χ2v) is 9.75. The van der Waals surface area contributed by atoms with Gasteiger partial charge in [-0.15, -0.1) is 0 Å². The molecule has 224 valence electrons. The number of rotatable bonds is 10. The molecule has 42 heavy (non-hydrogen) atoms. The predicted octanol–water partition coefficient (Wildman–Crippen LogP) is 1.45. The molecule has 14 nitrogen and oxygen atoms in total. The Kier molecular flexibility index (Phi) is 10.8. The first-order valence-corrected chi connectivity index (χ1v) is 13.2. The Bertz CT molecular complexity index is 1430. The maximum absolute atomic E-state index is 12.3. The number of nitrogens with two attached hydrogens (primary N) is 2. The summed E-state index contributed by atoms with van der Waals surface area (Å²) < 4.78 is 0. The molecule has 0 saturated carbocycles. The molecule has 1 aliphatic heterocycles. The van der Waals surface area contributed by atoms with Crippen LogP contribution in [0, 0.1) is 0 Å². The van der Waals surface area contributed by atoms with Gasteiger partial charge < -0.3 is 42.5 Å². The Balaban J connectivity index is 0.000000458. The largest absolute Gasteiger partial charge is 0.481 e. The van der Waals surface area contributed by atoms with Crippen molar-refractivity contribution in [2.24, 2.45) is 5.73 Å². The highest BCUT2D eigenvalue weighted by atomic mass is 16.4. The maximum atomic E-state index is 12.3. The van der Waals surface area contributed by atoms with Crippen LogP contribution in [0.25, 0.3) is 0 Å². The molecule has 14 heteroatoms. The van der Waals surface area contributed by atoms with Gasteiger partial charge in [0.2, 0.25) is 5.95 Å². The normalized spacial score (nSPS) is 15.1. The second kappa shape index (κ2) is 14.5. The maximum Gasteiger partial charge on any atom is 0.326 e. The summed E-state index contributed by atoms with van der Waals surface area (Å²) in [5.74, 6) is -2.59. The van der Waals surface area contributed by atoms with E-state index in [2.05, 4.69) is 25.9 Å². The number of carboxylic acids is 2. The van der Waals surface area contributed by atoms with Gasteiger partial charge in [0.05, 0.1) is 6.04 Å². The zero-order valence-electron chi connectivity index (χ0n) is 23.3. The monoisotopic (exact) mass is 580 g/mol. The van der Waals surface area contributed by atoms with Gasteiger partial charge in [0, 0.05) is 43.9 Å². The molecule has 1 amide bonds. The molecular weight excluding hydrogens is 544 g/mol. The SMILES string of the molecule is CN1c2c(nc(N)[nH]c2=O)NC[C@H]1CNc1ccc(C(=O)NC(CCC(=O)O)C(=O)O)cc1.C[C@@H](N)c1ccccc1. The molecule has 1 aliphatic rings. The predicted molar refractivity (Wildman–Crippen MR) is 160 cm³/mol. The van der Waals surface area contributed by atoms with Crippen LogP contribution in [-0.2, 0) is 9.59 Å². The number of likely N-dealkylation sites (N-methyl/N-ethyl adjacent to an activating group) is 1. The number of amides is 1. The first-order valence-electron chi connectivity index (χ1n) is 13.2. The number of hydrogen-bond acceptors (Lipinski definition) is 10. The van der Waals surface area contributed by atoms with Crippen LogP contribution in [0.5, 0.6) is 0 Å². The standard InChI is InChI=1S/C20H25N7O6.C8H11N/c1-27-12(9-23-16-15(27)18(31)26-20(21)25-16)8-22-11-4-2-10(3-5-11)17(30)24-13(19(32)33)6-7-14(28)29;1-7(9)8-5-3-2-4-6-8/h2-5,12-13,22H,6-9H2,1H3,(H,24,30)(H,28,29)(H,32,33)(H4,21,23,25,26,31);2-7H,9H2,1H3/t12-,13?;7-/m11/s1. The third-order valence-electron chi connectivity index (χ3n) is 6.58. The van der Waals surface area contributed by atoms with E-state index in [1.165, 1.54) is 17.7 Å². The number of nitrogens with zero attached hydrogens (tertiary/aromatic N) is 2. The molecule has 2 heterocycles. The summed E-state index contributed by atoms with van der Waals surface area (Å²) in [6, 6.07) is 15.2. The molecule has 4 rings (SSSR count). The van der Waals surface area contributed by atoms with Crippen LogP contribution in [0.15, 0.2) is 59.4 Å². The zero-order valence-corrected chi connectivity index (χ0v) is 23.3. The number of fused-ring (bicyclic) bond motifs is 1. The van der Waals surface area contributed by atoms with Crippen molar-refractivity contribution in [1.29, 1.82) is 0 Å². The lowest BCUT2D eigenvalue weighted by Gasteiger charge is -2.35. The molecule has 0 spiro atoms. The van der Waals surface area contributed by atoms with Crippen molar-refractivity contribution in [2.75, 3.05) is 41.4 Å². The lowest BCUT2D eigenvalue weighted by molar-refractivity contribution is -0.140. The van der Waals surface area contributed by atoms with E-state index >= 15 is 0 Å². The lowest BCUT2D eigenvalue weighted by atomic mass is 10.1. The van der Waals surface area contributed by atoms with Crippen LogP contribution >= 0.6 is 0 Å². The molecule has 3 aromatic rings. The Labute approximate surface area is 242 Å². The molecule has 1 unspecified atom stereocenters. The fraction of sp³-hybridized carbons (Fsp3) is 0.321. The number of benzene rings is 2. The summed E-state index contributed by atoms with van der Waals surface area (Å²) in [6.45, 7) is 2.99. The Morgan fingerprint density at radius 3 is 2.36 bits per heavy atom. The number of anilines is 4. The molecule has 0 fully saturated rings. The number of carboxylic acid groups (broad SMARTS) is 2. The number of carbonyl (C=O) groups excluding carboxylic acids is 1. The highest BCUT2D eigenvalue weighted by Gasteiger charge is 2.27. The number of nitrogens with one attached hydrogen (secondary N) is 4. The molecule has 0 saturated heterocycles. The van der Waals surface area contributed by atoms with Crippen molar-refractivity contribution < 1.29 is 24.6 Å². The fourth-order valence-electron chi connectivity index (χ4n) is 4.18. The van der Waals surface area contributed by atoms with E-state index in [0.717, 1.165) is 5.69 Å². The van der Waals surface area contributed by atoms with Gasteiger partial charge in [-0.2, -0.15) is 4.98 Å². The van der Waals surface area contributed by atoms with Crippen LogP contribution in [0.3, 0.4) is 0 Å². The molecule has 1 aromatic heterocycles. The molecule has 10 N–H and O–H groups in total. The van der Waals surface area contributed by atoms with E-state index in [1.54, 1.807) is 19.2 Å². The minimum Gasteiger partial charge on any atom is -0.481 e. The highest BCUT2D eigenvalue weighted by molar-refractivity contribution is 5.97. The Morgan fingerprint density at radius 2 is 1.79 bits per heavy atom. The first-order chi connectivity index (χ1) is 20.0. The topological polar surface area (TPSA) is 229 Å². The van der Waals surface area contributed by atoms with Gasteiger partial charge in [-0.05, 0) is 43.2 Å². The summed E-state index contributed by atoms with van der Waals surface area (Å²) in [7, 11) is 1.79. The third kappa shape index (κ3) is 8.69. The lowest BCUT2D eigenvalue weighted by Crippen LogP contribution is -2.48. The Hall–Kier alpha value is -5.11. The van der Waals surface area contributed by atoms with E-state index in [4.69, 9.17) is 16.6 Å². The number of H-pyrrole nitrogens is 1. The number of aromatic amines is 1. The van der Waals surface area contributed by atoms with Crippen molar-refractivity contribution in [3.05, 3.63) is 76.1 Å². The van der Waals surface area contributed by atoms with E-state index in [0.29, 0.717) is 24.6 Å². The summed E-state index contributed by atoms with van der Waals surface area (Å²) in [4.78, 5) is 54.9. The van der Waals surface area contributed by atoms with Crippen LogP contribution in [0.1, 0.15) is 41.7 Å². The van der Waals surface area contributed by atoms with Gasteiger partial charge >= 0.3 is 11.9 Å². The number of nitrogen functional groups attached to an aromatic ring is 1. The Morgan fingerprint density at radius 1 is 1.12 bits per heavy atom. The molecule has 0 radical (unpaired) electrons. The van der Waals surface area contributed by atoms with Gasteiger partial charge in [0.1, 0.15) is 11.7 Å². The van der Waals surface area contributed by atoms with Crippen molar-refractivity contribution in [3.63, 3.8) is 0 Å². The quantitative estimate of drug-likeness (QED) is 0.170. The number of carbonyl (C=O) groups is 3. The van der Waals surface area contributed by atoms with E-state index in [-0.39, 0.29) is 42.0 Å². The van der Waals surface area contributed by atoms with Gasteiger partial charge in [-0.25, -0.2) is 4.79 Å². The van der Waals surface area contributed by atoms with E-state index < -0.39 is 23.9 Å². The summed E-state index contributed by atoms with van der Waals surface area (Å²) >= 11 is 0. The zero-order chi connectivity index (χ0) is 30.8. The van der Waals surface area contributed by atoms with Crippen LogP contribution in [-0.4, -0.2) is 70.2 Å². The fourth-order valence-corrected chi connectivity index (χ4v) is 4.18. The summed E-state index contributed by atoms with van der Waals surface area (Å²) in [5, 5.41) is 26.6. The molecule has 0 aliphatic carbocycles. The first kappa shape index (κ1) is 31.4. The van der Waals surface area contributed by atoms with Crippen molar-refractivity contribution in [2.45, 2.75) is 37.9 Å². The summed E-state index contributed by atoms with van der Waals surface area (Å²) in [6.07, 6.45) is -0.586. The molecule has 0 bridgehead atoms. The van der Waals surface area contributed by atoms with Crippen molar-refractivity contribution >= 4 is 41.0 Å². The van der Waals surface area contributed by atoms with Crippen molar-refractivity contribution in [3.8, 4) is 0 Å². The molecule has 3 atom stereocenters. The van der Waals surface area contributed by atoms with Gasteiger partial charge in [0.25, 0.3) is 11.5 Å². The van der Waals surface area contributed by atoms with E-state index in [1.807, 2.05) is 42.2 Å². The number of aliphatic carboxylic acids is 2. The average Bonchev–Trinajstić information content (AvgIpc) is 2.95. The smallest absolute Gasteiger partial charge is 0.326 e. The van der Waals surface area contributed by atoms with Crippen LogP contribution in [0.2, 0.25) is 0 Å². The van der Waals surface area contributed by atoms with Crippen LogP contribution < -0.4 is 37.9 Å². The van der Waals surface area contributed by atoms with Gasteiger partial charge in [-0.1, -0.05) is 30.3 Å². The second-order valence-electron chi connectivity index (χ2n) is 9.75. The van der Waals surface area contributed by atoms with Gasteiger partial charge in [0.15, 0.2) is 5.82 Å². The minimum atomic E-state index is -1.30. The average molecular weight is 581 g/mol. The van der Waals surface area contributed by atoms with E-state index in [9.17, 15) is 24.3 Å². The highest BCUT2D eigenvalue weighted by Crippen LogP contribution is 2.25. The minimum absolute atomic E-state index is 0.0388. The molecule has 2 aromatic carbocycles. The van der Waals surface area contributed by atoms with Crippen LogP contribution in [0.4, 0.5) is 23.1 Å².